The van der Waals surface area contributed by atoms with Crippen LogP contribution in [0.15, 0.2) is 30.5 Å². The maximum atomic E-state index is 14.3. The summed E-state index contributed by atoms with van der Waals surface area (Å²) in [4.78, 5) is 4.12. The molecule has 0 saturated carbocycles. The van der Waals surface area contributed by atoms with Crippen molar-refractivity contribution in [2.45, 2.75) is 26.8 Å². The Labute approximate surface area is 117 Å². The summed E-state index contributed by atoms with van der Waals surface area (Å²) in [7, 11) is 0. The molecule has 2 rings (SSSR count). The van der Waals surface area contributed by atoms with Crippen molar-refractivity contribution in [3.63, 3.8) is 0 Å². The summed E-state index contributed by atoms with van der Waals surface area (Å²) in [6, 6.07) is 5.87. The zero-order valence-electron chi connectivity index (χ0n) is 11.9. The van der Waals surface area contributed by atoms with Crippen LogP contribution in [0, 0.1) is 25.5 Å². The van der Waals surface area contributed by atoms with E-state index in [0.717, 1.165) is 11.3 Å². The molecule has 0 fully saturated rings. The second kappa shape index (κ2) is 6.09. The Kier molecular flexibility index (Phi) is 4.45. The number of pyridine rings is 1. The fourth-order valence-electron chi connectivity index (χ4n) is 2.28. The highest BCUT2D eigenvalue weighted by Gasteiger charge is 2.22. The zero-order valence-corrected chi connectivity index (χ0v) is 11.9. The van der Waals surface area contributed by atoms with Gasteiger partial charge < -0.3 is 5.32 Å². The summed E-state index contributed by atoms with van der Waals surface area (Å²) in [5, 5.41) is 3.14. The van der Waals surface area contributed by atoms with Crippen molar-refractivity contribution in [3.8, 4) is 0 Å². The first kappa shape index (κ1) is 14.6. The molecule has 0 saturated heterocycles. The van der Waals surface area contributed by atoms with Crippen molar-refractivity contribution in [2.75, 3.05) is 6.54 Å². The molecule has 1 N–H and O–H groups in total. The predicted octanol–water partition coefficient (Wildman–Crippen LogP) is 3.68. The van der Waals surface area contributed by atoms with Gasteiger partial charge in [0.25, 0.3) is 0 Å². The van der Waals surface area contributed by atoms with Crippen LogP contribution in [0.4, 0.5) is 8.78 Å². The van der Waals surface area contributed by atoms with Gasteiger partial charge in [-0.2, -0.15) is 0 Å². The van der Waals surface area contributed by atoms with E-state index in [9.17, 15) is 8.78 Å². The molecule has 0 spiro atoms. The maximum Gasteiger partial charge on any atom is 0.134 e. The predicted molar refractivity (Wildman–Crippen MR) is 75.6 cm³/mol. The van der Waals surface area contributed by atoms with Crippen LogP contribution in [0.2, 0.25) is 0 Å². The number of nitrogens with one attached hydrogen (secondary N) is 1. The third kappa shape index (κ3) is 2.85. The number of aryl methyl sites for hydroxylation is 2. The van der Waals surface area contributed by atoms with Crippen molar-refractivity contribution >= 4 is 0 Å². The second-order valence-corrected chi connectivity index (χ2v) is 4.81. The number of halogens is 2. The molecule has 1 aromatic heterocycles. The smallest absolute Gasteiger partial charge is 0.134 e. The fraction of sp³-hybridized carbons (Fsp3) is 0.312. The molecule has 1 unspecified atom stereocenters. The van der Waals surface area contributed by atoms with Crippen LogP contribution in [0.5, 0.6) is 0 Å². The first-order valence-electron chi connectivity index (χ1n) is 6.65. The topological polar surface area (TPSA) is 24.9 Å². The number of hydrogen-bond donors (Lipinski definition) is 1. The van der Waals surface area contributed by atoms with Crippen LogP contribution in [0.3, 0.4) is 0 Å². The van der Waals surface area contributed by atoms with Crippen LogP contribution in [-0.4, -0.2) is 11.5 Å². The highest BCUT2D eigenvalue weighted by Crippen LogP contribution is 2.28. The summed E-state index contributed by atoms with van der Waals surface area (Å²) in [6.45, 7) is 6.01. The van der Waals surface area contributed by atoms with Gasteiger partial charge in [0.1, 0.15) is 11.6 Å². The van der Waals surface area contributed by atoms with E-state index in [1.54, 1.807) is 19.2 Å². The molecule has 2 aromatic rings. The average molecular weight is 276 g/mol. The zero-order chi connectivity index (χ0) is 14.7. The SMILES string of the molecule is CCNC(c1ccnc(C)c1)c1c(F)ccc(C)c1F. The minimum atomic E-state index is -0.534. The van der Waals surface area contributed by atoms with Crippen LogP contribution in [-0.2, 0) is 0 Å². The molecule has 0 aliphatic carbocycles. The number of aromatic nitrogens is 1. The molecular formula is C16H18F2N2. The van der Waals surface area contributed by atoms with Gasteiger partial charge in [-0.05, 0) is 49.7 Å². The fourth-order valence-corrected chi connectivity index (χ4v) is 2.28. The van der Waals surface area contributed by atoms with Crippen LogP contribution >= 0.6 is 0 Å². The summed E-state index contributed by atoms with van der Waals surface area (Å²) >= 11 is 0. The number of benzene rings is 1. The van der Waals surface area contributed by atoms with Gasteiger partial charge in [-0.3, -0.25) is 4.98 Å². The molecule has 0 radical (unpaired) electrons. The summed E-state index contributed by atoms with van der Waals surface area (Å²) in [5.41, 5.74) is 2.13. The minimum absolute atomic E-state index is 0.0671. The Morgan fingerprint density at radius 2 is 1.95 bits per heavy atom. The molecule has 20 heavy (non-hydrogen) atoms. The van der Waals surface area contributed by atoms with Gasteiger partial charge >= 0.3 is 0 Å². The normalized spacial score (nSPS) is 12.4. The van der Waals surface area contributed by atoms with Gasteiger partial charge in [-0.1, -0.05) is 13.0 Å². The number of hydrogen-bond acceptors (Lipinski definition) is 2. The minimum Gasteiger partial charge on any atom is -0.306 e. The molecule has 1 heterocycles. The number of rotatable bonds is 4. The first-order valence-corrected chi connectivity index (χ1v) is 6.65. The van der Waals surface area contributed by atoms with Gasteiger partial charge in [0.05, 0.1) is 6.04 Å². The molecule has 0 amide bonds. The van der Waals surface area contributed by atoms with Crippen LogP contribution in [0.25, 0.3) is 0 Å². The van der Waals surface area contributed by atoms with E-state index >= 15 is 0 Å². The van der Waals surface area contributed by atoms with Crippen molar-refractivity contribution in [2.24, 2.45) is 0 Å². The third-order valence-corrected chi connectivity index (χ3v) is 3.27. The molecule has 1 atom stereocenters. The van der Waals surface area contributed by atoms with E-state index in [0.29, 0.717) is 12.1 Å². The highest BCUT2D eigenvalue weighted by molar-refractivity contribution is 5.36. The van der Waals surface area contributed by atoms with Crippen molar-refractivity contribution in [3.05, 3.63) is 64.5 Å². The van der Waals surface area contributed by atoms with Crippen LogP contribution in [0.1, 0.15) is 35.3 Å². The van der Waals surface area contributed by atoms with Gasteiger partial charge in [0.2, 0.25) is 0 Å². The van der Waals surface area contributed by atoms with E-state index < -0.39 is 17.7 Å². The van der Waals surface area contributed by atoms with E-state index in [1.807, 2.05) is 19.9 Å². The molecule has 106 valence electrons. The van der Waals surface area contributed by atoms with E-state index in [2.05, 4.69) is 10.3 Å². The summed E-state index contributed by atoms with van der Waals surface area (Å²) in [5.74, 6) is -1.03. The molecular weight excluding hydrogens is 258 g/mol. The lowest BCUT2D eigenvalue weighted by Gasteiger charge is -2.21. The standard InChI is InChI=1S/C16H18F2N2/c1-4-19-16(12-7-8-20-11(3)9-12)14-13(17)6-5-10(2)15(14)18/h5-9,16,19H,4H2,1-3H3. The van der Waals surface area contributed by atoms with Crippen molar-refractivity contribution < 1.29 is 8.78 Å². The van der Waals surface area contributed by atoms with Crippen molar-refractivity contribution in [1.29, 1.82) is 0 Å². The summed E-state index contributed by atoms with van der Waals surface area (Å²) < 4.78 is 28.4. The second-order valence-electron chi connectivity index (χ2n) is 4.81. The Balaban J connectivity index is 2.57. The Morgan fingerprint density at radius 1 is 1.20 bits per heavy atom. The van der Waals surface area contributed by atoms with Gasteiger partial charge in [0, 0.05) is 17.5 Å². The van der Waals surface area contributed by atoms with Gasteiger partial charge in [0.15, 0.2) is 0 Å². The Bertz CT molecular complexity index is 611. The average Bonchev–Trinajstić information content (AvgIpc) is 2.42. The van der Waals surface area contributed by atoms with Gasteiger partial charge in [-0.25, -0.2) is 8.78 Å². The highest BCUT2D eigenvalue weighted by atomic mass is 19.1. The molecule has 0 aliphatic rings. The molecule has 0 aliphatic heterocycles. The molecule has 1 aromatic carbocycles. The number of nitrogens with zero attached hydrogens (tertiary/aromatic N) is 1. The van der Waals surface area contributed by atoms with Gasteiger partial charge in [-0.15, -0.1) is 0 Å². The van der Waals surface area contributed by atoms with E-state index in [1.165, 1.54) is 12.1 Å². The molecule has 0 bridgehead atoms. The monoisotopic (exact) mass is 276 g/mol. The lowest BCUT2D eigenvalue weighted by molar-refractivity contribution is 0.506. The third-order valence-electron chi connectivity index (χ3n) is 3.27. The van der Waals surface area contributed by atoms with Crippen LogP contribution < -0.4 is 5.32 Å². The quantitative estimate of drug-likeness (QED) is 0.921. The lowest BCUT2D eigenvalue weighted by atomic mass is 9.96. The summed E-state index contributed by atoms with van der Waals surface area (Å²) in [6.07, 6.45) is 1.65. The maximum absolute atomic E-state index is 14.3. The first-order chi connectivity index (χ1) is 9.54. The Morgan fingerprint density at radius 3 is 2.60 bits per heavy atom. The lowest BCUT2D eigenvalue weighted by Crippen LogP contribution is -2.24. The van der Waals surface area contributed by atoms with E-state index in [4.69, 9.17) is 0 Å². The van der Waals surface area contributed by atoms with Crippen molar-refractivity contribution in [1.82, 2.24) is 10.3 Å². The molecule has 2 nitrogen and oxygen atoms in total. The Hall–Kier alpha value is -1.81. The largest absolute Gasteiger partial charge is 0.306 e. The molecule has 4 heteroatoms. The van der Waals surface area contributed by atoms with E-state index in [-0.39, 0.29) is 5.56 Å².